The molecule has 1 fully saturated rings. The smallest absolute Gasteiger partial charge is 0.226 e. The van der Waals surface area contributed by atoms with E-state index in [2.05, 4.69) is 10.2 Å². The van der Waals surface area contributed by atoms with E-state index in [4.69, 9.17) is 0 Å². The quantitative estimate of drug-likeness (QED) is 0.719. The van der Waals surface area contributed by atoms with E-state index < -0.39 is 0 Å². The maximum atomic E-state index is 12.2. The fraction of sp³-hybridized carbons (Fsp3) is 0.933. The maximum Gasteiger partial charge on any atom is 0.226 e. The highest BCUT2D eigenvalue weighted by Gasteiger charge is 2.24. The first-order valence-electron chi connectivity index (χ1n) is 7.74. The SMILES string of the molecule is CNCC(C)C(=O)N(C)CC1CCN(CC(C)O)CC1.Cl.Cl. The maximum absolute atomic E-state index is 12.2. The molecule has 0 radical (unpaired) electrons. The number of amides is 1. The summed E-state index contributed by atoms with van der Waals surface area (Å²) in [6.07, 6.45) is 1.98. The Kier molecular flexibility index (Phi) is 13.6. The van der Waals surface area contributed by atoms with Gasteiger partial charge in [0.05, 0.1) is 6.10 Å². The van der Waals surface area contributed by atoms with Crippen LogP contribution in [0.5, 0.6) is 0 Å². The monoisotopic (exact) mass is 357 g/mol. The van der Waals surface area contributed by atoms with Crippen molar-refractivity contribution in [1.29, 1.82) is 0 Å². The fourth-order valence-corrected chi connectivity index (χ4v) is 2.97. The number of hydrogen-bond donors (Lipinski definition) is 2. The van der Waals surface area contributed by atoms with Crippen molar-refractivity contribution in [2.24, 2.45) is 11.8 Å². The molecule has 1 heterocycles. The van der Waals surface area contributed by atoms with Crippen LogP contribution < -0.4 is 5.32 Å². The molecule has 0 aromatic carbocycles. The average molecular weight is 358 g/mol. The van der Waals surface area contributed by atoms with Crippen molar-refractivity contribution in [2.75, 3.05) is 46.8 Å². The van der Waals surface area contributed by atoms with Crippen LogP contribution in [0.25, 0.3) is 0 Å². The van der Waals surface area contributed by atoms with Crippen molar-refractivity contribution in [3.05, 3.63) is 0 Å². The summed E-state index contributed by atoms with van der Waals surface area (Å²) < 4.78 is 0. The van der Waals surface area contributed by atoms with E-state index in [1.54, 1.807) is 0 Å². The summed E-state index contributed by atoms with van der Waals surface area (Å²) in [5, 5.41) is 12.5. The number of nitrogens with zero attached hydrogens (tertiary/aromatic N) is 2. The Labute approximate surface area is 147 Å². The van der Waals surface area contributed by atoms with Crippen LogP contribution in [0.1, 0.15) is 26.7 Å². The molecule has 0 aromatic heterocycles. The highest BCUT2D eigenvalue weighted by atomic mass is 35.5. The summed E-state index contributed by atoms with van der Waals surface area (Å²) in [6.45, 7) is 8.22. The van der Waals surface area contributed by atoms with Crippen molar-refractivity contribution in [2.45, 2.75) is 32.8 Å². The van der Waals surface area contributed by atoms with E-state index in [1.165, 1.54) is 0 Å². The minimum Gasteiger partial charge on any atom is -0.392 e. The molecule has 5 nitrogen and oxygen atoms in total. The molecule has 2 atom stereocenters. The van der Waals surface area contributed by atoms with Crippen molar-refractivity contribution >= 4 is 30.7 Å². The predicted octanol–water partition coefficient (Wildman–Crippen LogP) is 1.24. The lowest BCUT2D eigenvalue weighted by Crippen LogP contribution is -2.43. The zero-order valence-corrected chi connectivity index (χ0v) is 15.9. The molecule has 1 saturated heterocycles. The topological polar surface area (TPSA) is 55.8 Å². The molecule has 134 valence electrons. The second kappa shape index (κ2) is 12.4. The van der Waals surface area contributed by atoms with Gasteiger partial charge in [0.2, 0.25) is 5.91 Å². The number of nitrogens with one attached hydrogen (secondary N) is 1. The molecule has 2 N–H and O–H groups in total. The van der Waals surface area contributed by atoms with Gasteiger partial charge in [0.1, 0.15) is 0 Å². The minimum atomic E-state index is -0.252. The second-order valence-corrected chi connectivity index (χ2v) is 6.27. The molecular weight excluding hydrogens is 325 g/mol. The number of likely N-dealkylation sites (tertiary alicyclic amines) is 1. The molecule has 1 aliphatic heterocycles. The summed E-state index contributed by atoms with van der Waals surface area (Å²) in [6, 6.07) is 0. The Bertz CT molecular complexity index is 299. The van der Waals surface area contributed by atoms with Gasteiger partial charge in [-0.15, -0.1) is 24.8 Å². The van der Waals surface area contributed by atoms with E-state index >= 15 is 0 Å². The lowest BCUT2D eigenvalue weighted by molar-refractivity contribution is -0.134. The van der Waals surface area contributed by atoms with Crippen LogP contribution in [-0.4, -0.2) is 73.7 Å². The fourth-order valence-electron chi connectivity index (χ4n) is 2.97. The molecule has 0 spiro atoms. The third-order valence-electron chi connectivity index (χ3n) is 4.07. The third kappa shape index (κ3) is 8.53. The minimum absolute atomic E-state index is 0. The van der Waals surface area contributed by atoms with Crippen LogP contribution in [-0.2, 0) is 4.79 Å². The lowest BCUT2D eigenvalue weighted by atomic mass is 9.95. The number of aliphatic hydroxyl groups is 1. The van der Waals surface area contributed by atoms with E-state index in [0.717, 1.165) is 45.6 Å². The number of carbonyl (C=O) groups is 1. The first kappa shape index (κ1) is 24.2. The zero-order chi connectivity index (χ0) is 15.1. The van der Waals surface area contributed by atoms with Crippen LogP contribution in [0, 0.1) is 11.8 Å². The third-order valence-corrected chi connectivity index (χ3v) is 4.07. The van der Waals surface area contributed by atoms with Gasteiger partial charge >= 0.3 is 0 Å². The number of piperidine rings is 1. The van der Waals surface area contributed by atoms with Crippen LogP contribution in [0.15, 0.2) is 0 Å². The van der Waals surface area contributed by atoms with Gasteiger partial charge in [-0.25, -0.2) is 0 Å². The Hall–Kier alpha value is -0.0700. The standard InChI is InChI=1S/C15H31N3O2.2ClH/c1-12(9-16-3)15(20)17(4)11-14-5-7-18(8-6-14)10-13(2)19;;/h12-14,16,19H,5-11H2,1-4H3;2*1H. The average Bonchev–Trinajstić information content (AvgIpc) is 2.39. The van der Waals surface area contributed by atoms with Gasteiger partial charge in [-0.1, -0.05) is 6.92 Å². The van der Waals surface area contributed by atoms with Gasteiger partial charge < -0.3 is 20.2 Å². The van der Waals surface area contributed by atoms with Crippen LogP contribution in [0.2, 0.25) is 0 Å². The number of rotatable bonds is 7. The second-order valence-electron chi connectivity index (χ2n) is 6.27. The number of β-amino-alcohol motifs (C(OH)–C–C–N with tert-alkyl or cyclic N) is 1. The Morgan fingerprint density at radius 2 is 1.86 bits per heavy atom. The number of halogens is 2. The molecule has 22 heavy (non-hydrogen) atoms. The summed E-state index contributed by atoms with van der Waals surface area (Å²) in [5.41, 5.74) is 0. The summed E-state index contributed by atoms with van der Waals surface area (Å²) in [4.78, 5) is 16.4. The van der Waals surface area contributed by atoms with Gasteiger partial charge in [-0.2, -0.15) is 0 Å². The van der Waals surface area contributed by atoms with Gasteiger partial charge in [0.15, 0.2) is 0 Å². The van der Waals surface area contributed by atoms with E-state index in [9.17, 15) is 9.90 Å². The van der Waals surface area contributed by atoms with Gasteiger partial charge in [-0.05, 0) is 45.8 Å². The molecule has 0 saturated carbocycles. The first-order valence-corrected chi connectivity index (χ1v) is 7.74. The highest BCUT2D eigenvalue weighted by Crippen LogP contribution is 2.18. The molecule has 0 aromatic rings. The zero-order valence-electron chi connectivity index (χ0n) is 14.2. The van der Waals surface area contributed by atoms with Crippen molar-refractivity contribution < 1.29 is 9.90 Å². The summed E-state index contributed by atoms with van der Waals surface area (Å²) in [7, 11) is 3.79. The van der Waals surface area contributed by atoms with E-state index in [-0.39, 0.29) is 42.7 Å². The Balaban J connectivity index is 0. The highest BCUT2D eigenvalue weighted by molar-refractivity contribution is 5.85. The molecule has 7 heteroatoms. The largest absolute Gasteiger partial charge is 0.392 e. The molecule has 1 rings (SSSR count). The lowest BCUT2D eigenvalue weighted by Gasteiger charge is -2.34. The van der Waals surface area contributed by atoms with E-state index in [1.807, 2.05) is 32.8 Å². The molecule has 2 unspecified atom stereocenters. The first-order chi connectivity index (χ1) is 9.43. The number of hydrogen-bond acceptors (Lipinski definition) is 4. The summed E-state index contributed by atoms with van der Waals surface area (Å²) in [5.74, 6) is 0.863. The van der Waals surface area contributed by atoms with Crippen LogP contribution in [0.4, 0.5) is 0 Å². The van der Waals surface area contributed by atoms with Crippen molar-refractivity contribution in [3.8, 4) is 0 Å². The molecule has 0 aliphatic carbocycles. The predicted molar refractivity (Wildman–Crippen MR) is 96.1 cm³/mol. The molecule has 0 bridgehead atoms. The number of aliphatic hydroxyl groups excluding tert-OH is 1. The van der Waals surface area contributed by atoms with Crippen molar-refractivity contribution in [1.82, 2.24) is 15.1 Å². The molecule has 1 aliphatic rings. The number of carbonyl (C=O) groups excluding carboxylic acids is 1. The van der Waals surface area contributed by atoms with Gasteiger partial charge in [-0.3, -0.25) is 4.79 Å². The molecule has 1 amide bonds. The van der Waals surface area contributed by atoms with E-state index in [0.29, 0.717) is 5.92 Å². The van der Waals surface area contributed by atoms with Crippen molar-refractivity contribution in [3.63, 3.8) is 0 Å². The normalized spacial score (nSPS) is 18.8. The summed E-state index contributed by atoms with van der Waals surface area (Å²) >= 11 is 0. The van der Waals surface area contributed by atoms with Gasteiger partial charge in [0, 0.05) is 32.6 Å². The van der Waals surface area contributed by atoms with Crippen LogP contribution >= 0.6 is 24.8 Å². The van der Waals surface area contributed by atoms with Gasteiger partial charge in [0.25, 0.3) is 0 Å². The Morgan fingerprint density at radius 1 is 1.32 bits per heavy atom. The molecular formula is C15H33Cl2N3O2. The Morgan fingerprint density at radius 3 is 2.32 bits per heavy atom. The van der Waals surface area contributed by atoms with Crippen LogP contribution in [0.3, 0.4) is 0 Å².